The van der Waals surface area contributed by atoms with Crippen LogP contribution >= 0.6 is 0 Å². The molecular formula is C25H30N4O2. The number of hydrogen-bond donors (Lipinski definition) is 1. The number of rotatable bonds is 6. The van der Waals surface area contributed by atoms with Crippen molar-refractivity contribution in [2.24, 2.45) is 5.92 Å². The van der Waals surface area contributed by atoms with Gasteiger partial charge in [-0.25, -0.2) is 4.98 Å². The molecule has 2 heterocycles. The fourth-order valence-corrected chi connectivity index (χ4v) is 4.12. The van der Waals surface area contributed by atoms with Crippen molar-refractivity contribution in [3.63, 3.8) is 0 Å². The van der Waals surface area contributed by atoms with Crippen LogP contribution in [0, 0.1) is 5.92 Å². The molecule has 0 spiro atoms. The summed E-state index contributed by atoms with van der Waals surface area (Å²) in [5, 5.41) is 0.497. The molecule has 1 atom stereocenters. The Kier molecular flexibility index (Phi) is 6.07. The third kappa shape index (κ3) is 4.48. The molecule has 6 heteroatoms. The fraction of sp³-hybridized carbons (Fsp3) is 0.400. The molecule has 1 saturated heterocycles. The summed E-state index contributed by atoms with van der Waals surface area (Å²) in [6.45, 7) is 7.90. The van der Waals surface area contributed by atoms with Gasteiger partial charge >= 0.3 is 0 Å². The molecule has 0 saturated carbocycles. The van der Waals surface area contributed by atoms with Crippen molar-refractivity contribution in [1.82, 2.24) is 9.66 Å². The van der Waals surface area contributed by atoms with Gasteiger partial charge < -0.3 is 4.90 Å². The number of amides is 1. The van der Waals surface area contributed by atoms with Crippen LogP contribution in [0.2, 0.25) is 0 Å². The molecule has 162 valence electrons. The number of carbonyl (C=O) groups is 1. The van der Waals surface area contributed by atoms with Gasteiger partial charge in [0.25, 0.3) is 5.56 Å². The van der Waals surface area contributed by atoms with Crippen molar-refractivity contribution >= 4 is 22.8 Å². The van der Waals surface area contributed by atoms with Crippen molar-refractivity contribution in [2.45, 2.75) is 46.0 Å². The van der Waals surface area contributed by atoms with E-state index < -0.39 is 5.92 Å². The second kappa shape index (κ2) is 8.92. The van der Waals surface area contributed by atoms with Crippen LogP contribution in [-0.4, -0.2) is 28.7 Å². The number of nitrogens with zero attached hydrogens (tertiary/aromatic N) is 3. The highest BCUT2D eigenvalue weighted by molar-refractivity contribution is 5.90. The SMILES string of the molecule is CC(C)Cc1ccc(C(C)C(=O)Nn2c(N3CCCC3)nc3ccccc3c2=O)cc1. The van der Waals surface area contributed by atoms with E-state index in [9.17, 15) is 9.59 Å². The molecule has 2 aromatic carbocycles. The zero-order valence-corrected chi connectivity index (χ0v) is 18.5. The summed E-state index contributed by atoms with van der Waals surface area (Å²) in [6.07, 6.45) is 3.11. The van der Waals surface area contributed by atoms with Crippen molar-refractivity contribution in [3.8, 4) is 0 Å². The summed E-state index contributed by atoms with van der Waals surface area (Å²) in [4.78, 5) is 33.1. The Morgan fingerprint density at radius 2 is 1.71 bits per heavy atom. The van der Waals surface area contributed by atoms with Gasteiger partial charge in [-0.05, 0) is 55.4 Å². The molecule has 31 heavy (non-hydrogen) atoms. The Labute approximate surface area is 182 Å². The Bertz CT molecular complexity index is 1130. The molecule has 1 unspecified atom stereocenters. The number of nitrogens with one attached hydrogen (secondary N) is 1. The van der Waals surface area contributed by atoms with Gasteiger partial charge in [-0.1, -0.05) is 50.2 Å². The van der Waals surface area contributed by atoms with Gasteiger partial charge in [0.2, 0.25) is 11.9 Å². The summed E-state index contributed by atoms with van der Waals surface area (Å²) in [5.41, 5.74) is 5.44. The van der Waals surface area contributed by atoms with E-state index in [4.69, 9.17) is 4.98 Å². The normalized spacial score (nSPS) is 14.9. The lowest BCUT2D eigenvalue weighted by Gasteiger charge is -2.23. The van der Waals surface area contributed by atoms with Gasteiger partial charge in [0.1, 0.15) is 0 Å². The highest BCUT2D eigenvalue weighted by Crippen LogP contribution is 2.21. The van der Waals surface area contributed by atoms with Crippen LogP contribution in [0.5, 0.6) is 0 Å². The van der Waals surface area contributed by atoms with Gasteiger partial charge in [-0.2, -0.15) is 4.68 Å². The number of anilines is 1. The van der Waals surface area contributed by atoms with E-state index >= 15 is 0 Å². The minimum absolute atomic E-state index is 0.226. The fourth-order valence-electron chi connectivity index (χ4n) is 4.12. The van der Waals surface area contributed by atoms with Crippen LogP contribution in [0.25, 0.3) is 10.9 Å². The van der Waals surface area contributed by atoms with Crippen molar-refractivity contribution < 1.29 is 4.79 Å². The maximum atomic E-state index is 13.2. The lowest BCUT2D eigenvalue weighted by Crippen LogP contribution is -2.40. The van der Waals surface area contributed by atoms with E-state index in [1.54, 1.807) is 6.07 Å². The number of para-hydroxylation sites is 1. The van der Waals surface area contributed by atoms with Crippen LogP contribution in [0.15, 0.2) is 53.3 Å². The van der Waals surface area contributed by atoms with E-state index in [0.29, 0.717) is 22.8 Å². The Hall–Kier alpha value is -3.15. The van der Waals surface area contributed by atoms with Crippen LogP contribution in [-0.2, 0) is 11.2 Å². The summed E-state index contributed by atoms with van der Waals surface area (Å²) >= 11 is 0. The molecule has 0 aliphatic carbocycles. The second-order valence-electron chi connectivity index (χ2n) is 8.80. The predicted molar refractivity (Wildman–Crippen MR) is 125 cm³/mol. The van der Waals surface area contributed by atoms with E-state index in [1.165, 1.54) is 10.2 Å². The van der Waals surface area contributed by atoms with Crippen molar-refractivity contribution in [1.29, 1.82) is 0 Å². The standard InChI is InChI=1S/C25H30N4O2/c1-17(2)16-19-10-12-20(13-11-19)18(3)23(30)27-29-24(31)21-8-4-5-9-22(21)26-25(29)28-14-6-7-15-28/h4-5,8-13,17-18H,6-7,14-16H2,1-3H3,(H,27,30). The van der Waals surface area contributed by atoms with E-state index in [1.807, 2.05) is 37.3 Å². The summed E-state index contributed by atoms with van der Waals surface area (Å²) in [6, 6.07) is 15.4. The molecule has 1 fully saturated rings. The molecule has 1 amide bonds. The zero-order chi connectivity index (χ0) is 22.0. The van der Waals surface area contributed by atoms with Crippen LogP contribution < -0.4 is 15.9 Å². The van der Waals surface area contributed by atoms with Gasteiger partial charge in [0.05, 0.1) is 16.8 Å². The first-order valence-corrected chi connectivity index (χ1v) is 11.1. The number of hydrogen-bond acceptors (Lipinski definition) is 4. The van der Waals surface area contributed by atoms with Gasteiger partial charge in [-0.3, -0.25) is 15.0 Å². The largest absolute Gasteiger partial charge is 0.341 e. The highest BCUT2D eigenvalue weighted by Gasteiger charge is 2.23. The summed E-state index contributed by atoms with van der Waals surface area (Å²) < 4.78 is 1.33. The molecule has 1 aliphatic rings. The molecule has 6 nitrogen and oxygen atoms in total. The first-order valence-electron chi connectivity index (χ1n) is 11.1. The van der Waals surface area contributed by atoms with E-state index in [-0.39, 0.29) is 11.5 Å². The maximum absolute atomic E-state index is 13.2. The van der Waals surface area contributed by atoms with Crippen LogP contribution in [0.4, 0.5) is 5.95 Å². The van der Waals surface area contributed by atoms with Crippen molar-refractivity contribution in [2.75, 3.05) is 23.4 Å². The summed E-state index contributed by atoms with van der Waals surface area (Å²) in [7, 11) is 0. The smallest absolute Gasteiger partial charge is 0.281 e. The zero-order valence-electron chi connectivity index (χ0n) is 18.5. The predicted octanol–water partition coefficient (Wildman–Crippen LogP) is 4.07. The van der Waals surface area contributed by atoms with Crippen molar-refractivity contribution in [3.05, 3.63) is 70.0 Å². The lowest BCUT2D eigenvalue weighted by atomic mass is 9.96. The number of carbonyl (C=O) groups excluding carboxylic acids is 1. The molecule has 4 rings (SSSR count). The first-order chi connectivity index (χ1) is 14.9. The molecule has 1 N–H and O–H groups in total. The molecule has 1 aliphatic heterocycles. The Morgan fingerprint density at radius 1 is 1.03 bits per heavy atom. The quantitative estimate of drug-likeness (QED) is 0.655. The third-order valence-electron chi connectivity index (χ3n) is 5.89. The number of aromatic nitrogens is 2. The van der Waals surface area contributed by atoms with Gasteiger partial charge in [0.15, 0.2) is 0 Å². The minimum atomic E-state index is -0.391. The number of fused-ring (bicyclic) bond motifs is 1. The molecule has 0 radical (unpaired) electrons. The summed E-state index contributed by atoms with van der Waals surface area (Å²) in [5.74, 6) is 0.478. The lowest BCUT2D eigenvalue weighted by molar-refractivity contribution is -0.118. The van der Waals surface area contributed by atoms with E-state index in [2.05, 4.69) is 36.3 Å². The Morgan fingerprint density at radius 3 is 2.39 bits per heavy atom. The highest BCUT2D eigenvalue weighted by atomic mass is 16.2. The average molecular weight is 419 g/mol. The molecule has 1 aromatic heterocycles. The van der Waals surface area contributed by atoms with Gasteiger partial charge in [0, 0.05) is 13.1 Å². The van der Waals surface area contributed by atoms with Gasteiger partial charge in [-0.15, -0.1) is 0 Å². The van der Waals surface area contributed by atoms with Crippen LogP contribution in [0.1, 0.15) is 50.7 Å². The minimum Gasteiger partial charge on any atom is -0.341 e. The van der Waals surface area contributed by atoms with E-state index in [0.717, 1.165) is 37.9 Å². The topological polar surface area (TPSA) is 67.2 Å². The molecule has 0 bridgehead atoms. The monoisotopic (exact) mass is 418 g/mol. The third-order valence-corrected chi connectivity index (χ3v) is 5.89. The maximum Gasteiger partial charge on any atom is 0.281 e. The first kappa shape index (κ1) is 21.1. The molecular weight excluding hydrogens is 388 g/mol. The Balaban J connectivity index is 1.63. The molecule has 3 aromatic rings. The van der Waals surface area contributed by atoms with Crippen LogP contribution in [0.3, 0.4) is 0 Å². The number of benzene rings is 2. The second-order valence-corrected chi connectivity index (χ2v) is 8.80. The average Bonchev–Trinajstić information content (AvgIpc) is 3.30.